The van der Waals surface area contributed by atoms with E-state index in [2.05, 4.69) is 15.0 Å². The molecule has 0 saturated heterocycles. The Hall–Kier alpha value is -1.75. The third-order valence-corrected chi connectivity index (χ3v) is 3.06. The quantitative estimate of drug-likeness (QED) is 0.789. The lowest BCUT2D eigenvalue weighted by Crippen LogP contribution is -2.25. The minimum atomic E-state index is -0.149. The molecule has 0 unspecified atom stereocenters. The van der Waals surface area contributed by atoms with Crippen LogP contribution in [-0.2, 0) is 6.54 Å². The van der Waals surface area contributed by atoms with Gasteiger partial charge in [-0.15, -0.1) is 0 Å². The maximum atomic E-state index is 12.0. The van der Waals surface area contributed by atoms with Crippen LogP contribution in [0.25, 0.3) is 0 Å². The van der Waals surface area contributed by atoms with Gasteiger partial charge in [0.1, 0.15) is 16.8 Å². The summed E-state index contributed by atoms with van der Waals surface area (Å²) in [7, 11) is 0. The highest BCUT2D eigenvalue weighted by Crippen LogP contribution is 2.38. The van der Waals surface area contributed by atoms with Gasteiger partial charge < -0.3 is 0 Å². The van der Waals surface area contributed by atoms with Crippen molar-refractivity contribution in [2.24, 2.45) is 0 Å². The van der Waals surface area contributed by atoms with Gasteiger partial charge in [-0.1, -0.05) is 11.6 Å². The second-order valence-electron chi connectivity index (χ2n) is 4.30. The van der Waals surface area contributed by atoms with Gasteiger partial charge in [0.25, 0.3) is 5.56 Å². The van der Waals surface area contributed by atoms with Crippen LogP contribution in [0.5, 0.6) is 0 Å². The fraction of sp³-hybridized carbons (Fsp3) is 0.333. The SMILES string of the molecule is O=c1cc(Cl)nc(C2CC2)n1Cc1ncccn1. The van der Waals surface area contributed by atoms with E-state index >= 15 is 0 Å². The molecule has 0 bridgehead atoms. The van der Waals surface area contributed by atoms with Crippen molar-refractivity contribution < 1.29 is 0 Å². The van der Waals surface area contributed by atoms with Crippen LogP contribution in [0.2, 0.25) is 5.15 Å². The molecule has 0 radical (unpaired) electrons. The van der Waals surface area contributed by atoms with Gasteiger partial charge in [-0.3, -0.25) is 9.36 Å². The van der Waals surface area contributed by atoms with E-state index in [1.165, 1.54) is 6.07 Å². The number of rotatable bonds is 3. The lowest BCUT2D eigenvalue weighted by Gasteiger charge is -2.10. The van der Waals surface area contributed by atoms with Crippen molar-refractivity contribution in [3.05, 3.63) is 51.7 Å². The molecule has 0 spiro atoms. The van der Waals surface area contributed by atoms with E-state index in [-0.39, 0.29) is 10.7 Å². The van der Waals surface area contributed by atoms with Gasteiger partial charge in [-0.2, -0.15) is 0 Å². The third-order valence-electron chi connectivity index (χ3n) is 2.87. The molecule has 0 aliphatic heterocycles. The largest absolute Gasteiger partial charge is 0.289 e. The maximum Gasteiger partial charge on any atom is 0.255 e. The van der Waals surface area contributed by atoms with E-state index < -0.39 is 0 Å². The Balaban J connectivity index is 2.03. The van der Waals surface area contributed by atoms with E-state index in [1.54, 1.807) is 23.0 Å². The average Bonchev–Trinajstić information content (AvgIpc) is 3.18. The van der Waals surface area contributed by atoms with Gasteiger partial charge in [-0.25, -0.2) is 15.0 Å². The summed E-state index contributed by atoms with van der Waals surface area (Å²) in [6.45, 7) is 0.343. The first kappa shape index (κ1) is 11.3. The summed E-state index contributed by atoms with van der Waals surface area (Å²) in [4.78, 5) is 24.5. The predicted octanol–water partition coefficient (Wildman–Crippen LogP) is 1.61. The van der Waals surface area contributed by atoms with Gasteiger partial charge in [-0.05, 0) is 18.9 Å². The van der Waals surface area contributed by atoms with Gasteiger partial charge >= 0.3 is 0 Å². The topological polar surface area (TPSA) is 60.7 Å². The summed E-state index contributed by atoms with van der Waals surface area (Å²) in [5, 5.41) is 0.257. The molecule has 5 nitrogen and oxygen atoms in total. The molecule has 2 heterocycles. The summed E-state index contributed by atoms with van der Waals surface area (Å²) >= 11 is 5.84. The lowest BCUT2D eigenvalue weighted by molar-refractivity contribution is 0.644. The fourth-order valence-corrected chi connectivity index (χ4v) is 2.04. The Morgan fingerprint density at radius 1 is 1.33 bits per heavy atom. The van der Waals surface area contributed by atoms with Crippen LogP contribution in [0.3, 0.4) is 0 Å². The number of aromatic nitrogens is 4. The van der Waals surface area contributed by atoms with Crippen molar-refractivity contribution in [2.45, 2.75) is 25.3 Å². The molecule has 0 aromatic carbocycles. The maximum absolute atomic E-state index is 12.0. The summed E-state index contributed by atoms with van der Waals surface area (Å²) in [5.74, 6) is 1.70. The summed E-state index contributed by atoms with van der Waals surface area (Å²) in [5.41, 5.74) is -0.149. The molecule has 3 rings (SSSR count). The van der Waals surface area contributed by atoms with Gasteiger partial charge in [0.2, 0.25) is 0 Å². The molecule has 2 aromatic heterocycles. The molecule has 0 atom stereocenters. The predicted molar refractivity (Wildman–Crippen MR) is 66.6 cm³/mol. The van der Waals surface area contributed by atoms with Crippen LogP contribution in [0.1, 0.15) is 30.4 Å². The molecule has 18 heavy (non-hydrogen) atoms. The van der Waals surface area contributed by atoms with Gasteiger partial charge in [0.15, 0.2) is 0 Å². The molecule has 1 aliphatic carbocycles. The van der Waals surface area contributed by atoms with E-state index in [0.717, 1.165) is 18.7 Å². The van der Waals surface area contributed by atoms with Crippen LogP contribution in [0, 0.1) is 0 Å². The number of hydrogen-bond donors (Lipinski definition) is 0. The van der Waals surface area contributed by atoms with Crippen molar-refractivity contribution in [3.8, 4) is 0 Å². The molecule has 1 saturated carbocycles. The van der Waals surface area contributed by atoms with Gasteiger partial charge in [0, 0.05) is 24.4 Å². The number of halogens is 1. The smallest absolute Gasteiger partial charge is 0.255 e. The highest BCUT2D eigenvalue weighted by atomic mass is 35.5. The molecule has 0 amide bonds. The van der Waals surface area contributed by atoms with E-state index in [9.17, 15) is 4.79 Å². The van der Waals surface area contributed by atoms with E-state index in [1.807, 2.05) is 0 Å². The zero-order valence-corrected chi connectivity index (χ0v) is 10.3. The number of nitrogens with zero attached hydrogens (tertiary/aromatic N) is 4. The van der Waals surface area contributed by atoms with Crippen LogP contribution < -0.4 is 5.56 Å². The first-order valence-electron chi connectivity index (χ1n) is 5.77. The van der Waals surface area contributed by atoms with Crippen molar-refractivity contribution in [3.63, 3.8) is 0 Å². The van der Waals surface area contributed by atoms with Gasteiger partial charge in [0.05, 0.1) is 6.54 Å². The molecule has 1 aliphatic rings. The molecule has 6 heteroatoms. The number of hydrogen-bond acceptors (Lipinski definition) is 4. The van der Waals surface area contributed by atoms with E-state index in [4.69, 9.17) is 11.6 Å². The highest BCUT2D eigenvalue weighted by Gasteiger charge is 2.29. The Kier molecular flexibility index (Phi) is 2.83. The Morgan fingerprint density at radius 3 is 2.72 bits per heavy atom. The lowest BCUT2D eigenvalue weighted by atomic mass is 10.3. The zero-order chi connectivity index (χ0) is 12.5. The molecular weight excluding hydrogens is 252 g/mol. The highest BCUT2D eigenvalue weighted by molar-refractivity contribution is 6.29. The normalized spacial score (nSPS) is 14.7. The Bertz CT molecular complexity index is 622. The molecule has 92 valence electrons. The van der Waals surface area contributed by atoms with Crippen molar-refractivity contribution >= 4 is 11.6 Å². The van der Waals surface area contributed by atoms with Crippen molar-refractivity contribution in [2.75, 3.05) is 0 Å². The second kappa shape index (κ2) is 4.49. The summed E-state index contributed by atoms with van der Waals surface area (Å²) in [6, 6.07) is 3.07. The monoisotopic (exact) mass is 262 g/mol. The van der Waals surface area contributed by atoms with Crippen LogP contribution >= 0.6 is 11.6 Å². The average molecular weight is 263 g/mol. The molecular formula is C12H11ClN4O. The standard InChI is InChI=1S/C12H11ClN4O/c13-9-6-11(18)17(12(16-9)8-2-3-8)7-10-14-4-1-5-15-10/h1,4-6,8H,2-3,7H2. The van der Waals surface area contributed by atoms with Crippen LogP contribution in [0.4, 0.5) is 0 Å². The molecule has 2 aromatic rings. The summed E-state index contributed by atoms with van der Waals surface area (Å²) < 4.78 is 1.61. The molecule has 1 fully saturated rings. The first-order valence-corrected chi connectivity index (χ1v) is 6.15. The molecule has 0 N–H and O–H groups in total. The second-order valence-corrected chi connectivity index (χ2v) is 4.69. The first-order chi connectivity index (χ1) is 8.74. The van der Waals surface area contributed by atoms with Crippen molar-refractivity contribution in [1.82, 2.24) is 19.5 Å². The van der Waals surface area contributed by atoms with Crippen molar-refractivity contribution in [1.29, 1.82) is 0 Å². The zero-order valence-electron chi connectivity index (χ0n) is 9.58. The fourth-order valence-electron chi connectivity index (χ4n) is 1.86. The summed E-state index contributed by atoms with van der Waals surface area (Å²) in [6.07, 6.45) is 5.44. The minimum absolute atomic E-state index is 0.149. The Morgan fingerprint density at radius 2 is 2.06 bits per heavy atom. The van der Waals surface area contributed by atoms with Crippen LogP contribution in [0.15, 0.2) is 29.3 Å². The minimum Gasteiger partial charge on any atom is -0.289 e. The van der Waals surface area contributed by atoms with Crippen LogP contribution in [-0.4, -0.2) is 19.5 Å². The Labute approximate surface area is 108 Å². The third kappa shape index (κ3) is 2.26. The van der Waals surface area contributed by atoms with E-state index in [0.29, 0.717) is 18.3 Å².